The van der Waals surface area contributed by atoms with E-state index in [1.807, 2.05) is 78.9 Å². The average molecular weight is 478 g/mol. The molecule has 0 aromatic heterocycles. The molecule has 0 saturated carbocycles. The quantitative estimate of drug-likeness (QED) is 0.273. The van der Waals surface area contributed by atoms with E-state index >= 15 is 0 Å². The summed E-state index contributed by atoms with van der Waals surface area (Å²) in [5.41, 5.74) is 2.33. The summed E-state index contributed by atoms with van der Waals surface area (Å²) in [6.45, 7) is 0. The molecule has 0 N–H and O–H groups in total. The molecule has 3 unspecified atom stereocenters. The molecule has 178 valence electrons. The molecule has 1 heterocycles. The topological polar surface area (TPSA) is 46.6 Å². The molecular formula is C29H32ClNO3. The highest BCUT2D eigenvalue weighted by atomic mass is 35.5. The number of rotatable bonds is 8. The molecule has 0 bridgehead atoms. The fraction of sp³-hybridized carbons (Fsp3) is 0.310. The van der Waals surface area contributed by atoms with Gasteiger partial charge < -0.3 is 4.74 Å². The highest BCUT2D eigenvalue weighted by Gasteiger charge is 2.32. The SMILES string of the molecule is CN1C(CC(=O)c2ccccc2)CCCC1CC(OC(=O)c1ccccc1)c1ccccc1.Cl. The number of ether oxygens (including phenoxy) is 1. The van der Waals surface area contributed by atoms with Gasteiger partial charge >= 0.3 is 5.97 Å². The minimum absolute atomic E-state index is 0. The summed E-state index contributed by atoms with van der Waals surface area (Å²) < 4.78 is 6.03. The molecule has 1 aliphatic rings. The highest BCUT2D eigenvalue weighted by molar-refractivity contribution is 5.96. The molecule has 0 aliphatic carbocycles. The van der Waals surface area contributed by atoms with Crippen molar-refractivity contribution < 1.29 is 14.3 Å². The van der Waals surface area contributed by atoms with Crippen LogP contribution in [0.15, 0.2) is 91.0 Å². The number of halogens is 1. The third kappa shape index (κ3) is 6.55. The fourth-order valence-electron chi connectivity index (χ4n) is 4.72. The van der Waals surface area contributed by atoms with E-state index in [2.05, 4.69) is 11.9 Å². The number of Topliss-reactive ketones (excluding diaryl/α,β-unsaturated/α-hetero) is 1. The van der Waals surface area contributed by atoms with Crippen LogP contribution in [0.5, 0.6) is 0 Å². The lowest BCUT2D eigenvalue weighted by molar-refractivity contribution is 0.0116. The minimum atomic E-state index is -0.338. The normalized spacial score (nSPS) is 19.0. The van der Waals surface area contributed by atoms with Gasteiger partial charge in [-0.3, -0.25) is 9.69 Å². The van der Waals surface area contributed by atoms with Crippen molar-refractivity contribution in [2.45, 2.75) is 50.3 Å². The van der Waals surface area contributed by atoms with Crippen molar-refractivity contribution in [2.75, 3.05) is 7.05 Å². The first-order valence-corrected chi connectivity index (χ1v) is 11.7. The predicted octanol–water partition coefficient (Wildman–Crippen LogP) is 6.52. The maximum atomic E-state index is 12.8. The van der Waals surface area contributed by atoms with Crippen molar-refractivity contribution >= 4 is 24.2 Å². The van der Waals surface area contributed by atoms with Crippen LogP contribution in [0, 0.1) is 0 Å². The van der Waals surface area contributed by atoms with E-state index in [-0.39, 0.29) is 42.3 Å². The van der Waals surface area contributed by atoms with Gasteiger partial charge in [0.15, 0.2) is 5.78 Å². The first kappa shape index (κ1) is 25.7. The van der Waals surface area contributed by atoms with Crippen LogP contribution in [0.25, 0.3) is 0 Å². The summed E-state index contributed by atoms with van der Waals surface area (Å²) in [5, 5.41) is 0. The monoisotopic (exact) mass is 477 g/mol. The average Bonchev–Trinajstić information content (AvgIpc) is 2.87. The van der Waals surface area contributed by atoms with Crippen LogP contribution in [-0.2, 0) is 4.74 Å². The number of carbonyl (C=O) groups is 2. The van der Waals surface area contributed by atoms with Crippen molar-refractivity contribution in [2.24, 2.45) is 0 Å². The van der Waals surface area contributed by atoms with Gasteiger partial charge in [0.1, 0.15) is 6.10 Å². The standard InChI is InChI=1S/C29H31NO3.ClH/c1-30-25(20-27(31)22-12-5-2-6-13-22)18-11-19-26(30)21-28(23-14-7-3-8-15-23)33-29(32)24-16-9-4-10-17-24;/h2-10,12-17,25-26,28H,11,18-21H2,1H3;1H. The number of piperidine rings is 1. The Labute approximate surface area is 208 Å². The third-order valence-corrected chi connectivity index (χ3v) is 6.66. The van der Waals surface area contributed by atoms with Crippen molar-refractivity contribution in [3.05, 3.63) is 108 Å². The summed E-state index contributed by atoms with van der Waals surface area (Å²) in [4.78, 5) is 28.0. The smallest absolute Gasteiger partial charge is 0.338 e. The summed E-state index contributed by atoms with van der Waals surface area (Å²) in [7, 11) is 2.10. The van der Waals surface area contributed by atoms with E-state index in [1.165, 1.54) is 0 Å². The number of ketones is 1. The molecule has 0 radical (unpaired) electrons. The largest absolute Gasteiger partial charge is 0.454 e. The molecule has 3 aromatic carbocycles. The van der Waals surface area contributed by atoms with Crippen molar-refractivity contribution in [3.8, 4) is 0 Å². The van der Waals surface area contributed by atoms with Crippen LogP contribution in [0.3, 0.4) is 0 Å². The minimum Gasteiger partial charge on any atom is -0.454 e. The van der Waals surface area contributed by atoms with Crippen LogP contribution in [0.1, 0.15) is 64.5 Å². The molecule has 1 saturated heterocycles. The Kier molecular flexibility index (Phi) is 9.43. The zero-order chi connectivity index (χ0) is 23.0. The fourth-order valence-corrected chi connectivity index (χ4v) is 4.72. The van der Waals surface area contributed by atoms with Crippen LogP contribution in [0.4, 0.5) is 0 Å². The summed E-state index contributed by atoms with van der Waals surface area (Å²) in [6, 6.07) is 29.0. The summed E-state index contributed by atoms with van der Waals surface area (Å²) in [5.74, 6) is -0.123. The van der Waals surface area contributed by atoms with E-state index in [0.717, 1.165) is 30.4 Å². The summed E-state index contributed by atoms with van der Waals surface area (Å²) in [6.07, 6.45) is 3.97. The third-order valence-electron chi connectivity index (χ3n) is 6.66. The second kappa shape index (κ2) is 12.5. The highest BCUT2D eigenvalue weighted by Crippen LogP contribution is 2.32. The first-order valence-electron chi connectivity index (χ1n) is 11.7. The molecule has 1 aliphatic heterocycles. The van der Waals surface area contributed by atoms with Crippen molar-refractivity contribution in [3.63, 3.8) is 0 Å². The molecule has 4 rings (SSSR count). The number of benzene rings is 3. The van der Waals surface area contributed by atoms with E-state index in [1.54, 1.807) is 12.1 Å². The Morgan fingerprint density at radius 3 is 1.97 bits per heavy atom. The molecular weight excluding hydrogens is 446 g/mol. The Morgan fingerprint density at radius 2 is 1.35 bits per heavy atom. The lowest BCUT2D eigenvalue weighted by atomic mass is 9.88. The molecule has 0 amide bonds. The van der Waals surface area contributed by atoms with Crippen LogP contribution in [-0.4, -0.2) is 35.8 Å². The molecule has 1 fully saturated rings. The van der Waals surface area contributed by atoms with Gasteiger partial charge in [-0.15, -0.1) is 12.4 Å². The zero-order valence-electron chi connectivity index (χ0n) is 19.5. The second-order valence-electron chi connectivity index (χ2n) is 8.80. The van der Waals surface area contributed by atoms with Crippen LogP contribution >= 0.6 is 12.4 Å². The molecule has 3 aromatic rings. The van der Waals surface area contributed by atoms with Crippen LogP contribution < -0.4 is 0 Å². The number of esters is 1. The molecule has 3 atom stereocenters. The second-order valence-corrected chi connectivity index (χ2v) is 8.80. The van der Waals surface area contributed by atoms with Gasteiger partial charge in [-0.05, 0) is 37.6 Å². The molecule has 0 spiro atoms. The van der Waals surface area contributed by atoms with Gasteiger partial charge in [-0.2, -0.15) is 0 Å². The summed E-state index contributed by atoms with van der Waals surface area (Å²) >= 11 is 0. The lowest BCUT2D eigenvalue weighted by Gasteiger charge is -2.40. The number of hydrogen-bond acceptors (Lipinski definition) is 4. The molecule has 4 nitrogen and oxygen atoms in total. The molecule has 34 heavy (non-hydrogen) atoms. The Bertz CT molecular complexity index is 1040. The van der Waals surface area contributed by atoms with E-state index in [0.29, 0.717) is 18.4 Å². The Morgan fingerprint density at radius 1 is 0.824 bits per heavy atom. The Hall–Kier alpha value is -2.95. The number of nitrogens with zero attached hydrogens (tertiary/aromatic N) is 1. The van der Waals surface area contributed by atoms with Crippen LogP contribution in [0.2, 0.25) is 0 Å². The Balaban J connectivity index is 0.00000324. The van der Waals surface area contributed by atoms with E-state index in [9.17, 15) is 9.59 Å². The van der Waals surface area contributed by atoms with E-state index in [4.69, 9.17) is 4.74 Å². The van der Waals surface area contributed by atoms with Gasteiger partial charge in [-0.1, -0.05) is 85.3 Å². The van der Waals surface area contributed by atoms with E-state index < -0.39 is 0 Å². The van der Waals surface area contributed by atoms with Crippen molar-refractivity contribution in [1.29, 1.82) is 0 Å². The maximum Gasteiger partial charge on any atom is 0.338 e. The number of likely N-dealkylation sites (tertiary alicyclic amines) is 1. The first-order chi connectivity index (χ1) is 16.1. The van der Waals surface area contributed by atoms with Gasteiger partial charge in [0.25, 0.3) is 0 Å². The predicted molar refractivity (Wildman–Crippen MR) is 137 cm³/mol. The number of carbonyl (C=O) groups excluding carboxylic acids is 2. The van der Waals surface area contributed by atoms with Gasteiger partial charge in [-0.25, -0.2) is 4.79 Å². The van der Waals surface area contributed by atoms with Crippen molar-refractivity contribution in [1.82, 2.24) is 4.90 Å². The van der Waals surface area contributed by atoms with Gasteiger partial charge in [0, 0.05) is 30.5 Å². The lowest BCUT2D eigenvalue weighted by Crippen LogP contribution is -2.45. The molecule has 5 heteroatoms. The van der Waals surface area contributed by atoms with Gasteiger partial charge in [0.2, 0.25) is 0 Å². The number of hydrogen-bond donors (Lipinski definition) is 0. The van der Waals surface area contributed by atoms with Gasteiger partial charge in [0.05, 0.1) is 5.56 Å². The maximum absolute atomic E-state index is 12.8. The zero-order valence-corrected chi connectivity index (χ0v) is 20.3.